The van der Waals surface area contributed by atoms with Crippen LogP contribution in [0, 0.1) is 0 Å². The summed E-state index contributed by atoms with van der Waals surface area (Å²) in [6, 6.07) is 5.54. The van der Waals surface area contributed by atoms with Gasteiger partial charge in [-0.25, -0.2) is 4.98 Å². The molecule has 0 saturated heterocycles. The van der Waals surface area contributed by atoms with Crippen molar-refractivity contribution in [3.63, 3.8) is 0 Å². The average molecular weight is 454 g/mol. The third kappa shape index (κ3) is 4.85. The molecule has 0 atom stereocenters. The molecule has 10 nitrogen and oxygen atoms in total. The Morgan fingerprint density at radius 3 is 2.55 bits per heavy atom. The molecule has 5 rings (SSSR count). The van der Waals surface area contributed by atoms with Gasteiger partial charge in [-0.1, -0.05) is 12.8 Å². The van der Waals surface area contributed by atoms with Gasteiger partial charge in [-0.2, -0.15) is 9.61 Å². The van der Waals surface area contributed by atoms with E-state index in [1.165, 1.54) is 23.6 Å². The number of carbonyl (C=O) groups is 1. The molecule has 0 radical (unpaired) electrons. The molecule has 2 fully saturated rings. The highest BCUT2D eigenvalue weighted by Gasteiger charge is 2.24. The van der Waals surface area contributed by atoms with Crippen molar-refractivity contribution in [3.8, 4) is 0 Å². The van der Waals surface area contributed by atoms with Gasteiger partial charge in [0.05, 0.1) is 11.8 Å². The summed E-state index contributed by atoms with van der Waals surface area (Å²) in [5.41, 5.74) is 5.96. The lowest BCUT2D eigenvalue weighted by Crippen LogP contribution is -2.29. The van der Waals surface area contributed by atoms with E-state index in [2.05, 4.69) is 20.7 Å². The van der Waals surface area contributed by atoms with Crippen molar-refractivity contribution in [2.45, 2.75) is 63.5 Å². The van der Waals surface area contributed by atoms with Crippen molar-refractivity contribution >= 4 is 28.9 Å². The van der Waals surface area contributed by atoms with Gasteiger partial charge in [0.15, 0.2) is 5.65 Å². The molecule has 33 heavy (non-hydrogen) atoms. The van der Waals surface area contributed by atoms with E-state index in [4.69, 9.17) is 5.73 Å². The summed E-state index contributed by atoms with van der Waals surface area (Å²) in [5.74, 6) is 0.423. The number of fused-ring (bicyclic) bond motifs is 1. The van der Waals surface area contributed by atoms with E-state index in [0.717, 1.165) is 32.1 Å². The first-order chi connectivity index (χ1) is 15.8. The minimum Gasteiger partial charge on any atom is -0.390 e. The van der Waals surface area contributed by atoms with Crippen molar-refractivity contribution < 1.29 is 9.90 Å². The highest BCUT2D eigenvalue weighted by molar-refractivity contribution is 5.98. The Morgan fingerprint density at radius 1 is 1.27 bits per heavy atom. The average Bonchev–Trinajstić information content (AvgIpc) is 3.35. The van der Waals surface area contributed by atoms with E-state index < -0.39 is 5.91 Å². The summed E-state index contributed by atoms with van der Waals surface area (Å²) in [6.07, 6.45) is 10.8. The lowest BCUT2D eigenvalue weighted by Gasteiger charge is -2.27. The maximum absolute atomic E-state index is 12.7. The van der Waals surface area contributed by atoms with E-state index in [-0.39, 0.29) is 22.8 Å². The zero-order chi connectivity index (χ0) is 23.6. The van der Waals surface area contributed by atoms with Gasteiger partial charge in [-0.05, 0) is 51.2 Å². The van der Waals surface area contributed by atoms with Gasteiger partial charge in [0.25, 0.3) is 11.5 Å². The van der Waals surface area contributed by atoms with E-state index in [1.54, 1.807) is 23.7 Å². The van der Waals surface area contributed by atoms with Gasteiger partial charge in [-0.15, -0.1) is 0 Å². The van der Waals surface area contributed by atoms with Crippen molar-refractivity contribution in [3.05, 3.63) is 46.5 Å². The molecular formula is C23H31N7O3. The monoisotopic (exact) mass is 453 g/mol. The molecule has 2 saturated carbocycles. The minimum atomic E-state index is -0.612. The number of hydrogen-bond donors (Lipinski definition) is 4. The maximum atomic E-state index is 12.7. The van der Waals surface area contributed by atoms with Crippen LogP contribution >= 0.6 is 0 Å². The first kappa shape index (κ1) is 22.8. The number of primary amides is 1. The Kier molecular flexibility index (Phi) is 6.37. The lowest BCUT2D eigenvalue weighted by molar-refractivity contribution is 0.0681. The molecule has 1 amide bonds. The molecule has 3 aromatic rings. The fourth-order valence-electron chi connectivity index (χ4n) is 4.21. The first-order valence-electron chi connectivity index (χ1n) is 11.4. The fraction of sp³-hybridized carbons (Fsp3) is 0.478. The third-order valence-electron chi connectivity index (χ3n) is 6.38. The Bertz CT molecular complexity index is 1200. The highest BCUT2D eigenvalue weighted by atomic mass is 16.3. The van der Waals surface area contributed by atoms with Crippen LogP contribution in [0.2, 0.25) is 0 Å². The number of anilines is 3. The summed E-state index contributed by atoms with van der Waals surface area (Å²) < 4.78 is 3.25. The number of aromatic nitrogens is 4. The third-order valence-corrected chi connectivity index (χ3v) is 6.38. The predicted molar refractivity (Wildman–Crippen MR) is 127 cm³/mol. The molecule has 5 N–H and O–H groups in total. The molecular weight excluding hydrogens is 422 g/mol. The highest BCUT2D eigenvalue weighted by Crippen LogP contribution is 2.30. The standard InChI is InChI=1S/C17H19N7O2.C6H12O/c1-19-14-8-13(22-16-11(15(18)25)9-20-24(14)16)21-12-6-3-7-23(17(12)26)10-4-2-5-10;1-6(7)4-2-3-5-6/h3,6-10,19H,2,4-5H2,1H3,(H2,18,25)(H,21,22);7H,2-5H2,1H3. The van der Waals surface area contributed by atoms with Crippen molar-refractivity contribution in [1.29, 1.82) is 0 Å². The Balaban J connectivity index is 0.000000318. The molecule has 0 bridgehead atoms. The number of nitrogens with two attached hydrogens (primary N) is 1. The molecule has 3 aromatic heterocycles. The van der Waals surface area contributed by atoms with E-state index in [1.807, 2.05) is 19.2 Å². The summed E-state index contributed by atoms with van der Waals surface area (Å²) in [5, 5.41) is 19.4. The second-order valence-corrected chi connectivity index (χ2v) is 8.98. The Hall–Kier alpha value is -3.40. The molecule has 10 heteroatoms. The maximum Gasteiger partial charge on any atom is 0.274 e. The van der Waals surface area contributed by atoms with Crippen LogP contribution < -0.4 is 21.9 Å². The molecule has 0 aliphatic heterocycles. The van der Waals surface area contributed by atoms with Crippen LogP contribution in [0.1, 0.15) is 68.3 Å². The minimum absolute atomic E-state index is 0.0893. The van der Waals surface area contributed by atoms with Crippen molar-refractivity contribution in [2.24, 2.45) is 5.73 Å². The van der Waals surface area contributed by atoms with Gasteiger partial charge in [-0.3, -0.25) is 9.59 Å². The number of amides is 1. The molecule has 0 unspecified atom stereocenters. The van der Waals surface area contributed by atoms with Crippen LogP contribution in [0.25, 0.3) is 5.65 Å². The number of aliphatic hydroxyl groups is 1. The number of carbonyl (C=O) groups excluding carboxylic acids is 1. The molecule has 2 aliphatic rings. The van der Waals surface area contributed by atoms with Crippen LogP contribution in [0.5, 0.6) is 0 Å². The van der Waals surface area contributed by atoms with Gasteiger partial charge in [0.1, 0.15) is 22.9 Å². The van der Waals surface area contributed by atoms with Crippen molar-refractivity contribution in [1.82, 2.24) is 19.2 Å². The topological polar surface area (TPSA) is 140 Å². The molecule has 2 aliphatic carbocycles. The number of nitrogens with one attached hydrogen (secondary N) is 2. The first-order valence-corrected chi connectivity index (χ1v) is 11.4. The van der Waals surface area contributed by atoms with Crippen molar-refractivity contribution in [2.75, 3.05) is 17.7 Å². The van der Waals surface area contributed by atoms with Crippen LogP contribution in [0.3, 0.4) is 0 Å². The largest absolute Gasteiger partial charge is 0.390 e. The van der Waals surface area contributed by atoms with Crippen LogP contribution in [-0.4, -0.2) is 42.8 Å². The summed E-state index contributed by atoms with van der Waals surface area (Å²) in [7, 11) is 1.73. The van der Waals surface area contributed by atoms with E-state index in [0.29, 0.717) is 23.0 Å². The van der Waals surface area contributed by atoms with E-state index >= 15 is 0 Å². The van der Waals surface area contributed by atoms with Gasteiger partial charge < -0.3 is 26.0 Å². The predicted octanol–water partition coefficient (Wildman–Crippen LogP) is 2.81. The molecule has 0 spiro atoms. The fourth-order valence-corrected chi connectivity index (χ4v) is 4.21. The molecule has 3 heterocycles. The SMILES string of the molecule is CC1(O)CCCC1.CNc1cc(Nc2cccn(C3CCC3)c2=O)nc2c(C(N)=O)cnn12. The van der Waals surface area contributed by atoms with Gasteiger partial charge in [0.2, 0.25) is 0 Å². The second kappa shape index (κ2) is 9.22. The molecule has 176 valence electrons. The Labute approximate surface area is 191 Å². The van der Waals surface area contributed by atoms with Crippen LogP contribution in [0.15, 0.2) is 35.4 Å². The van der Waals surface area contributed by atoms with Gasteiger partial charge >= 0.3 is 0 Å². The normalized spacial score (nSPS) is 17.2. The smallest absolute Gasteiger partial charge is 0.274 e. The van der Waals surface area contributed by atoms with Crippen LogP contribution in [-0.2, 0) is 0 Å². The van der Waals surface area contributed by atoms with Gasteiger partial charge in [0, 0.05) is 25.4 Å². The number of pyridine rings is 1. The zero-order valence-corrected chi connectivity index (χ0v) is 19.0. The number of hydrogen-bond acceptors (Lipinski definition) is 7. The summed E-state index contributed by atoms with van der Waals surface area (Å²) in [6.45, 7) is 1.92. The summed E-state index contributed by atoms with van der Waals surface area (Å²) >= 11 is 0. The van der Waals surface area contributed by atoms with E-state index in [9.17, 15) is 14.7 Å². The quantitative estimate of drug-likeness (QED) is 0.466. The van der Waals surface area contributed by atoms with Crippen LogP contribution in [0.4, 0.5) is 17.3 Å². The molecule has 0 aromatic carbocycles. The zero-order valence-electron chi connectivity index (χ0n) is 19.0. The number of nitrogens with zero attached hydrogens (tertiary/aromatic N) is 4. The second-order valence-electron chi connectivity index (χ2n) is 8.98. The Morgan fingerprint density at radius 2 is 2.00 bits per heavy atom. The number of rotatable bonds is 5. The lowest BCUT2D eigenvalue weighted by atomic mass is 9.93. The summed E-state index contributed by atoms with van der Waals surface area (Å²) in [4.78, 5) is 28.7.